The minimum absolute atomic E-state index is 0.226. The Balaban J connectivity index is 2.60. The van der Waals surface area contributed by atoms with Gasteiger partial charge in [-0.3, -0.25) is 0 Å². The topological polar surface area (TPSA) is 35.5 Å². The monoisotopic (exact) mass is 240 g/mol. The molecule has 1 aliphatic heterocycles. The van der Waals surface area contributed by atoms with E-state index in [1.165, 1.54) is 0 Å². The quantitative estimate of drug-likeness (QED) is 0.420. The third kappa shape index (κ3) is 4.09. The largest absolute Gasteiger partial charge is 0.343 e. The van der Waals surface area contributed by atoms with Crippen LogP contribution in [0.15, 0.2) is 0 Å². The lowest BCUT2D eigenvalue weighted by Crippen LogP contribution is -2.23. The van der Waals surface area contributed by atoms with Crippen LogP contribution in [0.25, 0.3) is 0 Å². The molecule has 0 N–H and O–H groups in total. The van der Waals surface area contributed by atoms with Crippen molar-refractivity contribution in [3.8, 4) is 11.5 Å². The van der Waals surface area contributed by atoms with E-state index in [9.17, 15) is 4.79 Å². The van der Waals surface area contributed by atoms with E-state index in [1.54, 1.807) is 0 Å². The Morgan fingerprint density at radius 2 is 1.94 bits per heavy atom. The van der Waals surface area contributed by atoms with Crippen LogP contribution >= 0.6 is 0 Å². The van der Waals surface area contributed by atoms with Crippen molar-refractivity contribution in [3.05, 3.63) is 0 Å². The molecule has 2 atom stereocenters. The zero-order valence-electron chi connectivity index (χ0n) is 10.7. The Morgan fingerprint density at radius 3 is 2.44 bits per heavy atom. The molecular formula is C12H20O3Si. The molecule has 1 heterocycles. The smallest absolute Gasteiger partial charge is 0.164 e. The number of aldehydes is 1. The van der Waals surface area contributed by atoms with Crippen LogP contribution in [-0.2, 0) is 14.3 Å². The predicted octanol–water partition coefficient (Wildman–Crippen LogP) is 1.98. The second kappa shape index (κ2) is 4.70. The first-order chi connectivity index (χ1) is 7.23. The summed E-state index contributed by atoms with van der Waals surface area (Å²) in [5.74, 6) is 2.45. The highest BCUT2D eigenvalue weighted by Gasteiger charge is 2.40. The van der Waals surface area contributed by atoms with E-state index in [0.717, 1.165) is 6.29 Å². The number of carbonyl (C=O) groups excluding carboxylic acids is 1. The second-order valence-electron chi connectivity index (χ2n) is 5.53. The lowest BCUT2D eigenvalue weighted by atomic mass is 10.2. The van der Waals surface area contributed by atoms with Gasteiger partial charge in [-0.2, -0.15) is 0 Å². The van der Waals surface area contributed by atoms with Crippen LogP contribution < -0.4 is 0 Å². The standard InChI is InChI=1S/C12H20O3Si/c1-12(2)14-10(11(9-13)15-12)7-6-8-16(3,4)5/h9-11H,7H2,1-5H3/t10-,11+/m0/s1. The average Bonchev–Trinajstić information content (AvgIpc) is 2.38. The molecule has 0 amide bonds. The number of carbonyl (C=O) groups is 1. The molecule has 0 unspecified atom stereocenters. The molecule has 16 heavy (non-hydrogen) atoms. The van der Waals surface area contributed by atoms with Gasteiger partial charge in [-0.05, 0) is 13.8 Å². The van der Waals surface area contributed by atoms with E-state index in [-0.39, 0.29) is 6.10 Å². The zero-order chi connectivity index (χ0) is 12.4. The maximum absolute atomic E-state index is 10.8. The summed E-state index contributed by atoms with van der Waals surface area (Å²) < 4.78 is 11.1. The number of rotatable bonds is 2. The van der Waals surface area contributed by atoms with Gasteiger partial charge in [0.2, 0.25) is 0 Å². The van der Waals surface area contributed by atoms with Gasteiger partial charge in [-0.15, -0.1) is 11.5 Å². The van der Waals surface area contributed by atoms with E-state index < -0.39 is 20.0 Å². The van der Waals surface area contributed by atoms with Crippen LogP contribution in [0.2, 0.25) is 19.6 Å². The predicted molar refractivity (Wildman–Crippen MR) is 65.6 cm³/mol. The van der Waals surface area contributed by atoms with Gasteiger partial charge in [-0.25, -0.2) is 0 Å². The lowest BCUT2D eigenvalue weighted by Gasteiger charge is -2.15. The molecular weight excluding hydrogens is 220 g/mol. The van der Waals surface area contributed by atoms with Crippen LogP contribution in [0.1, 0.15) is 20.3 Å². The van der Waals surface area contributed by atoms with Crippen LogP contribution in [0.3, 0.4) is 0 Å². The average molecular weight is 240 g/mol. The van der Waals surface area contributed by atoms with Crippen LogP contribution in [-0.4, -0.2) is 32.4 Å². The fourth-order valence-corrected chi connectivity index (χ4v) is 2.19. The summed E-state index contributed by atoms with van der Waals surface area (Å²) in [6, 6.07) is 0. The molecule has 0 aromatic rings. The molecule has 0 bridgehead atoms. The summed E-state index contributed by atoms with van der Waals surface area (Å²) in [6.45, 7) is 10.2. The van der Waals surface area contributed by atoms with E-state index >= 15 is 0 Å². The van der Waals surface area contributed by atoms with Crippen molar-refractivity contribution < 1.29 is 14.3 Å². The lowest BCUT2D eigenvalue weighted by molar-refractivity contribution is -0.149. The number of ether oxygens (including phenoxy) is 2. The molecule has 0 aromatic heterocycles. The number of hydrogen-bond donors (Lipinski definition) is 0. The summed E-state index contributed by atoms with van der Waals surface area (Å²) in [5.41, 5.74) is 3.26. The fraction of sp³-hybridized carbons (Fsp3) is 0.750. The maximum atomic E-state index is 10.8. The van der Waals surface area contributed by atoms with Gasteiger partial charge in [0.15, 0.2) is 12.1 Å². The first kappa shape index (κ1) is 13.4. The van der Waals surface area contributed by atoms with Crippen molar-refractivity contribution >= 4 is 14.4 Å². The van der Waals surface area contributed by atoms with E-state index in [0.29, 0.717) is 6.42 Å². The molecule has 0 aliphatic carbocycles. The van der Waals surface area contributed by atoms with Crippen LogP contribution in [0.5, 0.6) is 0 Å². The molecule has 1 aliphatic rings. The summed E-state index contributed by atoms with van der Waals surface area (Å²) in [7, 11) is -1.34. The van der Waals surface area contributed by atoms with Gasteiger partial charge in [0, 0.05) is 6.42 Å². The zero-order valence-corrected chi connectivity index (χ0v) is 11.7. The molecule has 3 nitrogen and oxygen atoms in total. The highest BCUT2D eigenvalue weighted by Crippen LogP contribution is 2.28. The molecule has 0 spiro atoms. The van der Waals surface area contributed by atoms with Gasteiger partial charge in [0.05, 0.1) is 0 Å². The first-order valence-corrected chi connectivity index (χ1v) is 9.04. The van der Waals surface area contributed by atoms with Gasteiger partial charge < -0.3 is 14.3 Å². The molecule has 0 radical (unpaired) electrons. The Bertz CT molecular complexity index is 319. The maximum Gasteiger partial charge on any atom is 0.164 e. The van der Waals surface area contributed by atoms with Gasteiger partial charge in [0.25, 0.3) is 0 Å². The Hall–Kier alpha value is -0.633. The molecule has 1 rings (SSSR count). The Morgan fingerprint density at radius 1 is 1.31 bits per heavy atom. The minimum Gasteiger partial charge on any atom is -0.343 e. The van der Waals surface area contributed by atoms with Crippen molar-refractivity contribution in [2.45, 2.75) is 57.9 Å². The molecule has 90 valence electrons. The highest BCUT2D eigenvalue weighted by molar-refractivity contribution is 6.83. The minimum atomic E-state index is -1.34. The van der Waals surface area contributed by atoms with Crippen molar-refractivity contribution in [3.63, 3.8) is 0 Å². The van der Waals surface area contributed by atoms with E-state index in [2.05, 4.69) is 31.1 Å². The summed E-state index contributed by atoms with van der Waals surface area (Å²) in [5, 5.41) is 0. The normalized spacial score (nSPS) is 28.3. The van der Waals surface area contributed by atoms with Gasteiger partial charge in [0.1, 0.15) is 20.3 Å². The van der Waals surface area contributed by atoms with Gasteiger partial charge >= 0.3 is 0 Å². The Kier molecular flexibility index (Phi) is 3.95. The van der Waals surface area contributed by atoms with Crippen molar-refractivity contribution in [2.75, 3.05) is 0 Å². The molecule has 1 fully saturated rings. The van der Waals surface area contributed by atoms with Crippen molar-refractivity contribution in [2.24, 2.45) is 0 Å². The second-order valence-corrected chi connectivity index (χ2v) is 10.3. The SMILES string of the molecule is CC1(C)O[C@@H](CC#C[Si](C)(C)C)[C@@H](C=O)O1. The van der Waals surface area contributed by atoms with Crippen LogP contribution in [0, 0.1) is 11.5 Å². The van der Waals surface area contributed by atoms with Crippen molar-refractivity contribution in [1.29, 1.82) is 0 Å². The first-order valence-electron chi connectivity index (χ1n) is 5.54. The third-order valence-corrected chi connectivity index (χ3v) is 3.05. The molecule has 0 saturated carbocycles. The number of hydrogen-bond acceptors (Lipinski definition) is 3. The summed E-state index contributed by atoms with van der Waals surface area (Å²) in [4.78, 5) is 10.8. The Labute approximate surface area is 98.5 Å². The van der Waals surface area contributed by atoms with Crippen LogP contribution in [0.4, 0.5) is 0 Å². The molecule has 1 saturated heterocycles. The third-order valence-electron chi connectivity index (χ3n) is 2.12. The summed E-state index contributed by atoms with van der Waals surface area (Å²) >= 11 is 0. The van der Waals surface area contributed by atoms with E-state index in [4.69, 9.17) is 9.47 Å². The molecule has 4 heteroatoms. The fourth-order valence-electron chi connectivity index (χ4n) is 1.55. The summed E-state index contributed by atoms with van der Waals surface area (Å²) in [6.07, 6.45) is 0.662. The van der Waals surface area contributed by atoms with E-state index in [1.807, 2.05) is 13.8 Å². The molecule has 0 aromatic carbocycles. The van der Waals surface area contributed by atoms with Crippen molar-refractivity contribution in [1.82, 2.24) is 0 Å². The highest BCUT2D eigenvalue weighted by atomic mass is 28.3. The van der Waals surface area contributed by atoms with Gasteiger partial charge in [-0.1, -0.05) is 19.6 Å².